The van der Waals surface area contributed by atoms with Crippen molar-refractivity contribution in [2.75, 3.05) is 13.2 Å². The predicted molar refractivity (Wildman–Crippen MR) is 89.8 cm³/mol. The van der Waals surface area contributed by atoms with Crippen molar-refractivity contribution in [3.63, 3.8) is 0 Å². The zero-order chi connectivity index (χ0) is 16.6. The Morgan fingerprint density at radius 3 is 1.81 bits per heavy atom. The van der Waals surface area contributed by atoms with Gasteiger partial charge in [0.1, 0.15) is 0 Å². The quantitative estimate of drug-likeness (QED) is 0.555. The van der Waals surface area contributed by atoms with Gasteiger partial charge >= 0.3 is 0 Å². The number of nitrogens with two attached hydrogens (primary N) is 1. The zero-order valence-electron chi connectivity index (χ0n) is 14.6. The summed E-state index contributed by atoms with van der Waals surface area (Å²) in [6.45, 7) is 11.7. The highest BCUT2D eigenvalue weighted by atomic mass is 32.2. The third-order valence-corrected chi connectivity index (χ3v) is 6.18. The van der Waals surface area contributed by atoms with E-state index < -0.39 is 14.8 Å². The van der Waals surface area contributed by atoms with Gasteiger partial charge in [-0.25, -0.2) is 13.6 Å². The molecule has 0 aliphatic heterocycles. The van der Waals surface area contributed by atoms with Gasteiger partial charge in [-0.05, 0) is 51.4 Å². The van der Waals surface area contributed by atoms with Gasteiger partial charge in [-0.1, -0.05) is 33.6 Å². The highest BCUT2D eigenvalue weighted by Gasteiger charge is 2.29. The molecule has 0 bridgehead atoms. The molecule has 0 saturated heterocycles. The molecule has 0 rings (SSSR count). The maximum Gasteiger partial charge on any atom is 0.214 e. The average Bonchev–Trinajstić information content (AvgIpc) is 2.35. The topological polar surface area (TPSA) is 69.4 Å². The van der Waals surface area contributed by atoms with Crippen LogP contribution in [0.3, 0.4) is 0 Å². The molecule has 0 aromatic heterocycles. The van der Waals surface area contributed by atoms with E-state index in [1.54, 1.807) is 13.8 Å². The van der Waals surface area contributed by atoms with Crippen LogP contribution >= 0.6 is 0 Å². The molecule has 0 radical (unpaired) electrons. The second-order valence-corrected chi connectivity index (χ2v) is 9.54. The Kier molecular flexibility index (Phi) is 9.05. The van der Waals surface area contributed by atoms with Crippen LogP contribution in [0.25, 0.3) is 0 Å². The summed E-state index contributed by atoms with van der Waals surface area (Å²) < 4.78 is 27.5. The number of ether oxygens (including phenoxy) is 1. The van der Waals surface area contributed by atoms with Gasteiger partial charge in [-0.15, -0.1) is 0 Å². The number of unbranched alkanes of at least 4 members (excludes halogenated alkanes) is 2. The third kappa shape index (κ3) is 9.48. The molecule has 0 spiro atoms. The Bertz CT molecular complexity index is 375. The molecule has 0 atom stereocenters. The molecular formula is C16H35NO3S. The Balaban J connectivity index is 3.54. The zero-order valence-corrected chi connectivity index (χ0v) is 15.4. The summed E-state index contributed by atoms with van der Waals surface area (Å²) >= 11 is 0. The van der Waals surface area contributed by atoms with Crippen LogP contribution in [0.4, 0.5) is 0 Å². The van der Waals surface area contributed by atoms with Gasteiger partial charge in [0, 0.05) is 13.2 Å². The number of primary sulfonamides is 1. The molecular weight excluding hydrogens is 286 g/mol. The van der Waals surface area contributed by atoms with Gasteiger partial charge in [0.2, 0.25) is 10.0 Å². The van der Waals surface area contributed by atoms with E-state index in [4.69, 9.17) is 9.88 Å². The fraction of sp³-hybridized carbons (Fsp3) is 1.00. The molecule has 5 heteroatoms. The Hall–Kier alpha value is -0.130. The summed E-state index contributed by atoms with van der Waals surface area (Å²) in [5.41, 5.74) is 0.444. The van der Waals surface area contributed by atoms with Crippen LogP contribution in [-0.4, -0.2) is 26.4 Å². The lowest BCUT2D eigenvalue weighted by atomic mass is 9.85. The van der Waals surface area contributed by atoms with Crippen molar-refractivity contribution in [1.82, 2.24) is 0 Å². The molecule has 0 heterocycles. The number of hydrogen-bond acceptors (Lipinski definition) is 3. The maximum absolute atomic E-state index is 11.3. The molecule has 0 fully saturated rings. The van der Waals surface area contributed by atoms with E-state index in [1.165, 1.54) is 19.3 Å². The first-order valence-electron chi connectivity index (χ1n) is 8.12. The molecule has 21 heavy (non-hydrogen) atoms. The van der Waals surface area contributed by atoms with E-state index >= 15 is 0 Å². The van der Waals surface area contributed by atoms with Gasteiger partial charge < -0.3 is 4.74 Å². The number of sulfonamides is 1. The van der Waals surface area contributed by atoms with E-state index in [0.29, 0.717) is 18.4 Å². The summed E-state index contributed by atoms with van der Waals surface area (Å²) in [5.74, 6) is 0. The second-order valence-electron chi connectivity index (χ2n) is 7.35. The molecule has 0 aliphatic rings. The van der Waals surface area contributed by atoms with Crippen LogP contribution in [0.1, 0.15) is 79.6 Å². The molecule has 0 saturated carbocycles. The highest BCUT2D eigenvalue weighted by molar-refractivity contribution is 7.90. The summed E-state index contributed by atoms with van der Waals surface area (Å²) in [4.78, 5) is 0. The van der Waals surface area contributed by atoms with Crippen LogP contribution in [0.15, 0.2) is 0 Å². The second kappa shape index (κ2) is 9.11. The summed E-state index contributed by atoms with van der Waals surface area (Å²) in [6.07, 6.45) is 7.07. The molecule has 4 nitrogen and oxygen atoms in total. The van der Waals surface area contributed by atoms with Crippen molar-refractivity contribution in [2.24, 2.45) is 10.6 Å². The van der Waals surface area contributed by atoms with Gasteiger partial charge in [0.15, 0.2) is 0 Å². The van der Waals surface area contributed by atoms with Gasteiger partial charge in [-0.3, -0.25) is 0 Å². The molecule has 2 N–H and O–H groups in total. The smallest absolute Gasteiger partial charge is 0.214 e. The first-order valence-corrected chi connectivity index (χ1v) is 9.66. The average molecular weight is 322 g/mol. The summed E-state index contributed by atoms with van der Waals surface area (Å²) in [6, 6.07) is 0. The van der Waals surface area contributed by atoms with E-state index in [0.717, 1.165) is 25.9 Å². The van der Waals surface area contributed by atoms with Crippen molar-refractivity contribution >= 4 is 10.0 Å². The first-order chi connectivity index (χ1) is 9.52. The summed E-state index contributed by atoms with van der Waals surface area (Å²) in [5, 5.41) is 5.20. The van der Waals surface area contributed by atoms with Crippen molar-refractivity contribution < 1.29 is 13.2 Å². The van der Waals surface area contributed by atoms with E-state index in [1.807, 2.05) is 0 Å². The molecule has 0 aliphatic carbocycles. The SMILES string of the molecule is CCC(C)(C)CCCCOCCCCC(C)(C)S(N)(=O)=O. The maximum atomic E-state index is 11.3. The van der Waals surface area contributed by atoms with Crippen LogP contribution < -0.4 is 5.14 Å². The first kappa shape index (κ1) is 20.9. The lowest BCUT2D eigenvalue weighted by Crippen LogP contribution is -2.37. The largest absolute Gasteiger partial charge is 0.381 e. The molecule has 0 amide bonds. The van der Waals surface area contributed by atoms with E-state index in [2.05, 4.69) is 20.8 Å². The lowest BCUT2D eigenvalue weighted by Gasteiger charge is -2.22. The standard InChI is InChI=1S/C16H35NO3S/c1-6-15(2,3)11-7-9-13-20-14-10-8-12-16(4,5)21(17,18)19/h6-14H2,1-5H3,(H2,17,18,19). The highest BCUT2D eigenvalue weighted by Crippen LogP contribution is 2.26. The normalized spacial score (nSPS) is 13.6. The Labute approximate surface area is 131 Å². The van der Waals surface area contributed by atoms with Crippen molar-refractivity contribution in [1.29, 1.82) is 0 Å². The molecule has 0 unspecified atom stereocenters. The minimum Gasteiger partial charge on any atom is -0.381 e. The van der Waals surface area contributed by atoms with E-state index in [9.17, 15) is 8.42 Å². The lowest BCUT2D eigenvalue weighted by molar-refractivity contribution is 0.122. The third-order valence-electron chi connectivity index (χ3n) is 4.44. The van der Waals surface area contributed by atoms with Crippen molar-refractivity contribution in [3.05, 3.63) is 0 Å². The van der Waals surface area contributed by atoms with Gasteiger partial charge in [0.05, 0.1) is 4.75 Å². The van der Waals surface area contributed by atoms with E-state index in [-0.39, 0.29) is 0 Å². The van der Waals surface area contributed by atoms with Gasteiger partial charge in [-0.2, -0.15) is 0 Å². The van der Waals surface area contributed by atoms with Crippen molar-refractivity contribution in [2.45, 2.75) is 84.3 Å². The number of rotatable bonds is 12. The van der Waals surface area contributed by atoms with Crippen LogP contribution in [0.2, 0.25) is 0 Å². The predicted octanol–water partition coefficient (Wildman–Crippen LogP) is 3.85. The Morgan fingerprint density at radius 1 is 0.905 bits per heavy atom. The Morgan fingerprint density at radius 2 is 1.38 bits per heavy atom. The monoisotopic (exact) mass is 321 g/mol. The van der Waals surface area contributed by atoms with Gasteiger partial charge in [0.25, 0.3) is 0 Å². The molecule has 0 aromatic carbocycles. The fourth-order valence-electron chi connectivity index (χ4n) is 1.98. The molecule has 0 aromatic rings. The number of hydrogen-bond donors (Lipinski definition) is 1. The van der Waals surface area contributed by atoms with Crippen molar-refractivity contribution in [3.8, 4) is 0 Å². The molecule has 128 valence electrons. The van der Waals surface area contributed by atoms with Crippen LogP contribution in [-0.2, 0) is 14.8 Å². The van der Waals surface area contributed by atoms with Crippen LogP contribution in [0.5, 0.6) is 0 Å². The minimum absolute atomic E-state index is 0.444. The fourth-order valence-corrected chi connectivity index (χ4v) is 2.41. The minimum atomic E-state index is -3.46. The summed E-state index contributed by atoms with van der Waals surface area (Å²) in [7, 11) is -3.46. The van der Waals surface area contributed by atoms with Crippen LogP contribution in [0, 0.1) is 5.41 Å².